The summed E-state index contributed by atoms with van der Waals surface area (Å²) >= 11 is 0. The number of rotatable bonds is 6. The van der Waals surface area contributed by atoms with Crippen LogP contribution in [-0.4, -0.2) is 10.9 Å². The highest BCUT2D eigenvalue weighted by atomic mass is 16.6. The number of benzene rings is 1. The average Bonchev–Trinajstić information content (AvgIpc) is 2.47. The van der Waals surface area contributed by atoms with Crippen LogP contribution in [0.3, 0.4) is 0 Å². The van der Waals surface area contributed by atoms with Crippen molar-refractivity contribution in [2.75, 3.05) is 0 Å². The highest BCUT2D eigenvalue weighted by Crippen LogP contribution is 2.02. The lowest BCUT2D eigenvalue weighted by Gasteiger charge is -2.06. The van der Waals surface area contributed by atoms with Crippen molar-refractivity contribution >= 4 is 5.91 Å². The Hall–Kier alpha value is -2.20. The van der Waals surface area contributed by atoms with Gasteiger partial charge in [0.15, 0.2) is 0 Å². The summed E-state index contributed by atoms with van der Waals surface area (Å²) in [6, 6.07) is 13.5. The summed E-state index contributed by atoms with van der Waals surface area (Å²) in [4.78, 5) is 20.6. The van der Waals surface area contributed by atoms with E-state index in [4.69, 9.17) is 4.84 Å². The van der Waals surface area contributed by atoms with Crippen molar-refractivity contribution in [1.29, 1.82) is 0 Å². The lowest BCUT2D eigenvalue weighted by molar-refractivity contribution is -0.134. The van der Waals surface area contributed by atoms with Crippen molar-refractivity contribution in [3.8, 4) is 0 Å². The average molecular weight is 256 g/mol. The van der Waals surface area contributed by atoms with Crippen LogP contribution in [-0.2, 0) is 22.7 Å². The Bertz CT molecular complexity index is 500. The maximum atomic E-state index is 11.6. The fraction of sp³-hybridized carbons (Fsp3) is 0.200. The number of aromatic nitrogens is 1. The number of aryl methyl sites for hydroxylation is 1. The second kappa shape index (κ2) is 7.28. The van der Waals surface area contributed by atoms with Crippen LogP contribution >= 0.6 is 0 Å². The van der Waals surface area contributed by atoms with Crippen molar-refractivity contribution < 1.29 is 9.63 Å². The molecule has 0 radical (unpaired) electrons. The second-order valence-electron chi connectivity index (χ2n) is 4.15. The molecule has 0 bridgehead atoms. The molecular weight excluding hydrogens is 240 g/mol. The molecule has 0 saturated carbocycles. The van der Waals surface area contributed by atoms with Gasteiger partial charge in [-0.25, -0.2) is 5.48 Å². The van der Waals surface area contributed by atoms with E-state index in [-0.39, 0.29) is 5.91 Å². The van der Waals surface area contributed by atoms with Gasteiger partial charge in [0.2, 0.25) is 5.91 Å². The Morgan fingerprint density at radius 2 is 1.79 bits per heavy atom. The van der Waals surface area contributed by atoms with Gasteiger partial charge in [-0.3, -0.25) is 14.6 Å². The fourth-order valence-electron chi connectivity index (χ4n) is 1.63. The van der Waals surface area contributed by atoms with Gasteiger partial charge < -0.3 is 0 Å². The maximum Gasteiger partial charge on any atom is 0.243 e. The summed E-state index contributed by atoms with van der Waals surface area (Å²) in [5.74, 6) is -0.118. The van der Waals surface area contributed by atoms with Crippen LogP contribution < -0.4 is 5.48 Å². The first-order valence-corrected chi connectivity index (χ1v) is 6.18. The Kier molecular flexibility index (Phi) is 5.07. The molecule has 0 fully saturated rings. The molecule has 1 amide bonds. The van der Waals surface area contributed by atoms with Gasteiger partial charge in [-0.2, -0.15) is 0 Å². The molecule has 0 saturated heterocycles. The molecule has 2 rings (SSSR count). The molecule has 0 aliphatic heterocycles. The quantitative estimate of drug-likeness (QED) is 0.807. The van der Waals surface area contributed by atoms with E-state index < -0.39 is 0 Å². The van der Waals surface area contributed by atoms with Crippen LogP contribution in [0.4, 0.5) is 0 Å². The monoisotopic (exact) mass is 256 g/mol. The van der Waals surface area contributed by atoms with Gasteiger partial charge in [0.1, 0.15) is 0 Å². The van der Waals surface area contributed by atoms with E-state index in [9.17, 15) is 4.79 Å². The molecule has 98 valence electrons. The number of carbonyl (C=O) groups is 1. The smallest absolute Gasteiger partial charge is 0.243 e. The highest BCUT2D eigenvalue weighted by Gasteiger charge is 2.02. The van der Waals surface area contributed by atoms with Gasteiger partial charge in [0.25, 0.3) is 0 Å². The summed E-state index contributed by atoms with van der Waals surface area (Å²) < 4.78 is 0. The molecule has 1 aromatic carbocycles. The zero-order valence-corrected chi connectivity index (χ0v) is 10.6. The van der Waals surface area contributed by atoms with E-state index in [0.29, 0.717) is 19.4 Å². The van der Waals surface area contributed by atoms with Crippen LogP contribution in [0.2, 0.25) is 0 Å². The minimum atomic E-state index is -0.118. The zero-order chi connectivity index (χ0) is 13.3. The van der Waals surface area contributed by atoms with E-state index in [0.717, 1.165) is 11.1 Å². The first kappa shape index (κ1) is 13.2. The minimum absolute atomic E-state index is 0.118. The van der Waals surface area contributed by atoms with Crippen LogP contribution in [0.25, 0.3) is 0 Å². The Labute approximate surface area is 112 Å². The van der Waals surface area contributed by atoms with E-state index in [2.05, 4.69) is 10.5 Å². The predicted molar refractivity (Wildman–Crippen MR) is 71.9 cm³/mol. The van der Waals surface area contributed by atoms with E-state index in [1.54, 1.807) is 12.4 Å². The molecule has 0 unspecified atom stereocenters. The maximum absolute atomic E-state index is 11.6. The van der Waals surface area contributed by atoms with Crippen LogP contribution in [0.5, 0.6) is 0 Å². The molecule has 1 heterocycles. The Morgan fingerprint density at radius 3 is 2.53 bits per heavy atom. The molecule has 19 heavy (non-hydrogen) atoms. The van der Waals surface area contributed by atoms with Gasteiger partial charge >= 0.3 is 0 Å². The third kappa shape index (κ3) is 4.89. The van der Waals surface area contributed by atoms with E-state index in [1.807, 2.05) is 42.5 Å². The van der Waals surface area contributed by atoms with Crippen LogP contribution in [0, 0.1) is 0 Å². The van der Waals surface area contributed by atoms with E-state index in [1.165, 1.54) is 0 Å². The van der Waals surface area contributed by atoms with Crippen LogP contribution in [0.15, 0.2) is 54.9 Å². The number of amides is 1. The number of nitrogens with zero attached hydrogens (tertiary/aromatic N) is 1. The zero-order valence-electron chi connectivity index (χ0n) is 10.6. The number of hydroxylamine groups is 1. The molecule has 4 heteroatoms. The van der Waals surface area contributed by atoms with Crippen molar-refractivity contribution in [1.82, 2.24) is 10.5 Å². The van der Waals surface area contributed by atoms with Crippen LogP contribution in [0.1, 0.15) is 17.5 Å². The first-order valence-electron chi connectivity index (χ1n) is 6.18. The SMILES string of the molecule is O=C(CCc1ccncc1)NOCc1ccccc1. The Morgan fingerprint density at radius 1 is 1.05 bits per heavy atom. The first-order chi connectivity index (χ1) is 9.34. The standard InChI is InChI=1S/C15H16N2O2/c18-15(7-6-13-8-10-16-11-9-13)17-19-12-14-4-2-1-3-5-14/h1-5,8-11H,6-7,12H2,(H,17,18). The largest absolute Gasteiger partial charge is 0.273 e. The summed E-state index contributed by atoms with van der Waals surface area (Å²) in [7, 11) is 0. The summed E-state index contributed by atoms with van der Waals surface area (Å²) in [6.07, 6.45) is 4.53. The highest BCUT2D eigenvalue weighted by molar-refractivity contribution is 5.75. The van der Waals surface area contributed by atoms with Gasteiger partial charge in [-0.05, 0) is 29.7 Å². The normalized spacial score (nSPS) is 10.1. The second-order valence-corrected chi connectivity index (χ2v) is 4.15. The van der Waals surface area contributed by atoms with Crippen molar-refractivity contribution in [3.05, 3.63) is 66.0 Å². The third-order valence-corrected chi connectivity index (χ3v) is 2.66. The van der Waals surface area contributed by atoms with Crippen molar-refractivity contribution in [2.24, 2.45) is 0 Å². The number of nitrogens with one attached hydrogen (secondary N) is 1. The molecule has 0 aliphatic carbocycles. The van der Waals surface area contributed by atoms with Gasteiger partial charge in [0.05, 0.1) is 6.61 Å². The molecule has 0 spiro atoms. The van der Waals surface area contributed by atoms with Crippen molar-refractivity contribution in [2.45, 2.75) is 19.4 Å². The fourth-order valence-corrected chi connectivity index (χ4v) is 1.63. The molecule has 1 aromatic heterocycles. The topological polar surface area (TPSA) is 51.2 Å². The third-order valence-electron chi connectivity index (χ3n) is 2.66. The Balaban J connectivity index is 1.65. The van der Waals surface area contributed by atoms with Gasteiger partial charge in [0, 0.05) is 18.8 Å². The summed E-state index contributed by atoms with van der Waals surface area (Å²) in [5, 5.41) is 0. The molecule has 1 N–H and O–H groups in total. The molecular formula is C15H16N2O2. The number of hydrogen-bond acceptors (Lipinski definition) is 3. The number of hydrogen-bond donors (Lipinski definition) is 1. The minimum Gasteiger partial charge on any atom is -0.273 e. The summed E-state index contributed by atoms with van der Waals surface area (Å²) in [6.45, 7) is 0.377. The van der Waals surface area contributed by atoms with Crippen molar-refractivity contribution in [3.63, 3.8) is 0 Å². The van der Waals surface area contributed by atoms with Gasteiger partial charge in [-0.1, -0.05) is 30.3 Å². The number of pyridine rings is 1. The predicted octanol–water partition coefficient (Wildman–Crippen LogP) is 2.26. The lowest BCUT2D eigenvalue weighted by Crippen LogP contribution is -2.23. The van der Waals surface area contributed by atoms with E-state index >= 15 is 0 Å². The summed E-state index contributed by atoms with van der Waals surface area (Å²) in [5.41, 5.74) is 4.56. The molecule has 2 aromatic rings. The lowest BCUT2D eigenvalue weighted by atomic mass is 10.1. The molecule has 0 aliphatic rings. The molecule has 4 nitrogen and oxygen atoms in total. The van der Waals surface area contributed by atoms with Gasteiger partial charge in [-0.15, -0.1) is 0 Å². The number of carbonyl (C=O) groups excluding carboxylic acids is 1. The molecule has 0 atom stereocenters.